The number of rotatable bonds is 5. The lowest BCUT2D eigenvalue weighted by atomic mass is 9.94. The lowest BCUT2D eigenvalue weighted by molar-refractivity contribution is -0.118. The van der Waals surface area contributed by atoms with E-state index < -0.39 is 17.7 Å². The molecular weight excluding hydrogens is 342 g/mol. The van der Waals surface area contributed by atoms with Crippen molar-refractivity contribution in [3.63, 3.8) is 0 Å². The van der Waals surface area contributed by atoms with Crippen LogP contribution in [0.5, 0.6) is 5.75 Å². The van der Waals surface area contributed by atoms with Crippen molar-refractivity contribution in [3.8, 4) is 5.75 Å². The molecule has 4 rings (SSSR count). The number of aryl methyl sites for hydroxylation is 1. The molecule has 2 aromatic carbocycles. The number of ketones is 1. The number of Topliss-reactive ketones (excluding diaryl/α,β-unsaturated/α-hetero) is 1. The molecule has 1 aliphatic heterocycles. The number of amides is 1. The molecule has 1 heterocycles. The van der Waals surface area contributed by atoms with Crippen LogP contribution in [0.3, 0.4) is 0 Å². The molecule has 1 atom stereocenters. The van der Waals surface area contributed by atoms with Gasteiger partial charge in [0.1, 0.15) is 5.75 Å². The van der Waals surface area contributed by atoms with Crippen molar-refractivity contribution >= 4 is 17.4 Å². The van der Waals surface area contributed by atoms with E-state index in [1.165, 1.54) is 4.90 Å². The Hall–Kier alpha value is -3.08. The molecule has 0 saturated heterocycles. The van der Waals surface area contributed by atoms with Crippen molar-refractivity contribution in [2.45, 2.75) is 25.8 Å². The summed E-state index contributed by atoms with van der Waals surface area (Å²) in [5.41, 5.74) is 2.68. The molecule has 0 unspecified atom stereocenters. The summed E-state index contributed by atoms with van der Waals surface area (Å²) in [7, 11) is 1.58. The Labute approximate surface area is 157 Å². The van der Waals surface area contributed by atoms with Crippen LogP contribution in [0.1, 0.15) is 30.0 Å². The number of benzene rings is 2. The molecule has 1 aliphatic carbocycles. The van der Waals surface area contributed by atoms with Gasteiger partial charge in [0.15, 0.2) is 11.5 Å². The van der Waals surface area contributed by atoms with E-state index in [0.717, 1.165) is 24.0 Å². The number of hydrogen-bond acceptors (Lipinski definition) is 4. The number of carbonyl (C=O) groups is 2. The summed E-state index contributed by atoms with van der Waals surface area (Å²) in [6.45, 7) is 1.97. The molecule has 1 N–H and O–H groups in total. The first-order valence-electron chi connectivity index (χ1n) is 9.02. The van der Waals surface area contributed by atoms with Crippen molar-refractivity contribution in [2.24, 2.45) is 5.92 Å². The highest BCUT2D eigenvalue weighted by molar-refractivity contribution is 6.17. The van der Waals surface area contributed by atoms with Crippen LogP contribution in [-0.4, -0.2) is 23.9 Å². The van der Waals surface area contributed by atoms with Gasteiger partial charge in [0.25, 0.3) is 5.91 Å². The molecule has 1 saturated carbocycles. The first-order valence-corrected chi connectivity index (χ1v) is 9.02. The molecule has 2 aliphatic rings. The van der Waals surface area contributed by atoms with E-state index in [0.29, 0.717) is 11.4 Å². The van der Waals surface area contributed by atoms with E-state index in [4.69, 9.17) is 4.74 Å². The first kappa shape index (κ1) is 17.3. The zero-order chi connectivity index (χ0) is 19.1. The second-order valence-electron chi connectivity index (χ2n) is 7.09. The number of nitrogens with zero attached hydrogens (tertiary/aromatic N) is 1. The van der Waals surface area contributed by atoms with E-state index in [-0.39, 0.29) is 17.3 Å². The van der Waals surface area contributed by atoms with Gasteiger partial charge in [-0.1, -0.05) is 29.8 Å². The number of anilines is 1. The lowest BCUT2D eigenvalue weighted by Crippen LogP contribution is -2.31. The van der Waals surface area contributed by atoms with Gasteiger partial charge in [0.05, 0.1) is 18.7 Å². The van der Waals surface area contributed by atoms with Gasteiger partial charge in [-0.2, -0.15) is 0 Å². The molecule has 0 radical (unpaired) electrons. The van der Waals surface area contributed by atoms with Crippen LogP contribution in [0, 0.1) is 12.8 Å². The molecule has 1 amide bonds. The molecular formula is C22H21NO4. The average molecular weight is 363 g/mol. The zero-order valence-electron chi connectivity index (χ0n) is 15.3. The van der Waals surface area contributed by atoms with Gasteiger partial charge in [-0.05, 0) is 49.6 Å². The third-order valence-corrected chi connectivity index (χ3v) is 5.17. The van der Waals surface area contributed by atoms with Gasteiger partial charge >= 0.3 is 0 Å². The normalized spacial score (nSPS) is 19.6. The highest BCUT2D eigenvalue weighted by Crippen LogP contribution is 2.45. The highest BCUT2D eigenvalue weighted by atomic mass is 16.5. The fraction of sp³-hybridized carbons (Fsp3) is 0.273. The Balaban J connectivity index is 1.83. The topological polar surface area (TPSA) is 66.8 Å². The molecule has 138 valence electrons. The van der Waals surface area contributed by atoms with Crippen molar-refractivity contribution in [3.05, 3.63) is 71.0 Å². The molecule has 0 spiro atoms. The number of aliphatic hydroxyl groups excluding tert-OH is 1. The summed E-state index contributed by atoms with van der Waals surface area (Å²) in [5, 5.41) is 10.6. The van der Waals surface area contributed by atoms with Crippen molar-refractivity contribution < 1.29 is 19.4 Å². The fourth-order valence-corrected chi connectivity index (χ4v) is 3.50. The maximum absolute atomic E-state index is 12.9. The van der Waals surface area contributed by atoms with Crippen LogP contribution in [-0.2, 0) is 9.59 Å². The van der Waals surface area contributed by atoms with Gasteiger partial charge in [-0.25, -0.2) is 0 Å². The maximum Gasteiger partial charge on any atom is 0.294 e. The summed E-state index contributed by atoms with van der Waals surface area (Å²) in [5.74, 6) is -0.504. The van der Waals surface area contributed by atoms with E-state index in [9.17, 15) is 14.7 Å². The molecule has 0 aromatic heterocycles. The van der Waals surface area contributed by atoms with Gasteiger partial charge in [-0.15, -0.1) is 0 Å². The SMILES string of the molecule is COc1ccc([C@H]2C(C(=O)C3CC3)=C(O)C(=O)N2c2ccc(C)cc2)cc1. The quantitative estimate of drug-likeness (QED) is 0.875. The van der Waals surface area contributed by atoms with Crippen LogP contribution in [0.2, 0.25) is 0 Å². The van der Waals surface area contributed by atoms with Crippen molar-refractivity contribution in [1.29, 1.82) is 0 Å². The summed E-state index contributed by atoms with van der Waals surface area (Å²) < 4.78 is 5.21. The molecule has 27 heavy (non-hydrogen) atoms. The third-order valence-electron chi connectivity index (χ3n) is 5.17. The predicted octanol–water partition coefficient (Wildman–Crippen LogP) is 3.88. The summed E-state index contributed by atoms with van der Waals surface area (Å²) in [6, 6.07) is 14.1. The van der Waals surface area contributed by atoms with Crippen LogP contribution < -0.4 is 9.64 Å². The monoisotopic (exact) mass is 363 g/mol. The Bertz CT molecular complexity index is 924. The summed E-state index contributed by atoms with van der Waals surface area (Å²) >= 11 is 0. The standard InChI is InChI=1S/C22H21NO4/c1-13-3-9-16(10-4-13)23-19(14-7-11-17(27-2)12-8-14)18(21(25)22(23)26)20(24)15-5-6-15/h3-4,7-12,15,19,25H,5-6H2,1-2H3/t19-/m0/s1. The fourth-order valence-electron chi connectivity index (χ4n) is 3.50. The lowest BCUT2D eigenvalue weighted by Gasteiger charge is -2.27. The van der Waals surface area contributed by atoms with Crippen LogP contribution in [0.25, 0.3) is 0 Å². The van der Waals surface area contributed by atoms with Gasteiger partial charge in [0.2, 0.25) is 0 Å². The van der Waals surface area contributed by atoms with Gasteiger partial charge < -0.3 is 9.84 Å². The van der Waals surface area contributed by atoms with Gasteiger partial charge in [0, 0.05) is 11.6 Å². The molecule has 0 bridgehead atoms. The molecule has 5 nitrogen and oxygen atoms in total. The zero-order valence-corrected chi connectivity index (χ0v) is 15.3. The predicted molar refractivity (Wildman–Crippen MR) is 102 cm³/mol. The molecule has 2 aromatic rings. The Kier molecular flexibility index (Phi) is 4.22. The first-order chi connectivity index (χ1) is 13.0. The van der Waals surface area contributed by atoms with Crippen LogP contribution >= 0.6 is 0 Å². The number of hydrogen-bond donors (Lipinski definition) is 1. The summed E-state index contributed by atoms with van der Waals surface area (Å²) in [6.07, 6.45) is 1.62. The van der Waals surface area contributed by atoms with Crippen molar-refractivity contribution in [1.82, 2.24) is 0 Å². The Morgan fingerprint density at radius 3 is 2.26 bits per heavy atom. The minimum absolute atomic E-state index is 0.0892. The van der Waals surface area contributed by atoms with E-state index in [1.807, 2.05) is 43.3 Å². The number of carbonyl (C=O) groups excluding carboxylic acids is 2. The Morgan fingerprint density at radius 2 is 1.70 bits per heavy atom. The third kappa shape index (κ3) is 2.99. The van der Waals surface area contributed by atoms with E-state index >= 15 is 0 Å². The minimum Gasteiger partial charge on any atom is -0.503 e. The Morgan fingerprint density at radius 1 is 1.07 bits per heavy atom. The number of ether oxygens (including phenoxy) is 1. The van der Waals surface area contributed by atoms with Crippen LogP contribution in [0.4, 0.5) is 5.69 Å². The minimum atomic E-state index is -0.640. The second kappa shape index (κ2) is 6.58. The summed E-state index contributed by atoms with van der Waals surface area (Å²) in [4.78, 5) is 27.3. The highest BCUT2D eigenvalue weighted by Gasteiger charge is 2.47. The van der Waals surface area contributed by atoms with Gasteiger partial charge in [-0.3, -0.25) is 14.5 Å². The smallest absolute Gasteiger partial charge is 0.294 e. The van der Waals surface area contributed by atoms with E-state index in [2.05, 4.69) is 0 Å². The number of aliphatic hydroxyl groups is 1. The molecule has 5 heteroatoms. The molecule has 1 fully saturated rings. The maximum atomic E-state index is 12.9. The average Bonchev–Trinajstić information content (AvgIpc) is 3.50. The van der Waals surface area contributed by atoms with Crippen molar-refractivity contribution in [2.75, 3.05) is 12.0 Å². The number of methoxy groups -OCH3 is 1. The van der Waals surface area contributed by atoms with E-state index in [1.54, 1.807) is 19.2 Å². The van der Waals surface area contributed by atoms with Crippen LogP contribution in [0.15, 0.2) is 59.9 Å². The second-order valence-corrected chi connectivity index (χ2v) is 7.09. The largest absolute Gasteiger partial charge is 0.503 e.